The Labute approximate surface area is 88.9 Å². The van der Waals surface area contributed by atoms with Crippen molar-refractivity contribution in [3.63, 3.8) is 0 Å². The van der Waals surface area contributed by atoms with Gasteiger partial charge in [0.25, 0.3) is 0 Å². The molecular weight excluding hydrogens is 200 g/mol. The first-order chi connectivity index (χ1) is 7.15. The molecule has 1 unspecified atom stereocenters. The van der Waals surface area contributed by atoms with Crippen molar-refractivity contribution in [1.82, 2.24) is 10.6 Å². The number of hydrogen-bond acceptors (Lipinski definition) is 6. The first kappa shape index (κ1) is 12.8. The summed E-state index contributed by atoms with van der Waals surface area (Å²) < 4.78 is 0. The van der Waals surface area contributed by atoms with Crippen molar-refractivity contribution < 1.29 is 20.4 Å². The highest BCUT2D eigenvalue weighted by Gasteiger charge is 2.25. The number of rotatable bonds is 6. The van der Waals surface area contributed by atoms with Gasteiger partial charge in [-0.15, -0.1) is 0 Å². The molecule has 1 fully saturated rings. The largest absolute Gasteiger partial charge is 0.394 e. The lowest BCUT2D eigenvalue weighted by atomic mass is 10.1. The third-order valence-corrected chi connectivity index (χ3v) is 2.65. The maximum absolute atomic E-state index is 9.48. The highest BCUT2D eigenvalue weighted by molar-refractivity contribution is 4.81. The van der Waals surface area contributed by atoms with Crippen molar-refractivity contribution in [2.24, 2.45) is 0 Å². The van der Waals surface area contributed by atoms with Gasteiger partial charge in [-0.2, -0.15) is 0 Å². The van der Waals surface area contributed by atoms with Gasteiger partial charge in [0, 0.05) is 19.1 Å². The quantitative estimate of drug-likeness (QED) is 0.285. The summed E-state index contributed by atoms with van der Waals surface area (Å²) in [5, 5.41) is 42.7. The molecule has 1 saturated heterocycles. The minimum absolute atomic E-state index is 0.213. The second kappa shape index (κ2) is 6.37. The van der Waals surface area contributed by atoms with Gasteiger partial charge in [-0.1, -0.05) is 0 Å². The van der Waals surface area contributed by atoms with Gasteiger partial charge in [0.2, 0.25) is 0 Å². The summed E-state index contributed by atoms with van der Waals surface area (Å²) >= 11 is 0. The third-order valence-electron chi connectivity index (χ3n) is 2.65. The van der Waals surface area contributed by atoms with Gasteiger partial charge >= 0.3 is 0 Å². The molecule has 0 saturated carbocycles. The number of hydrogen-bond donors (Lipinski definition) is 6. The summed E-state index contributed by atoms with van der Waals surface area (Å²) in [7, 11) is 0. The van der Waals surface area contributed by atoms with Crippen molar-refractivity contribution in [2.45, 2.75) is 30.8 Å². The SMILES string of the molecule is OC[C@@H](O)[C@@H](O)[C@H](O)CNC1CCNC1. The summed E-state index contributed by atoms with van der Waals surface area (Å²) in [6, 6.07) is 0.304. The van der Waals surface area contributed by atoms with E-state index in [1.807, 2.05) is 0 Å². The zero-order valence-electron chi connectivity index (χ0n) is 8.63. The van der Waals surface area contributed by atoms with Crippen molar-refractivity contribution in [1.29, 1.82) is 0 Å². The molecule has 90 valence electrons. The highest BCUT2D eigenvalue weighted by Crippen LogP contribution is 2.01. The van der Waals surface area contributed by atoms with Crippen LogP contribution >= 0.6 is 0 Å². The normalized spacial score (nSPS) is 27.6. The topological polar surface area (TPSA) is 105 Å². The van der Waals surface area contributed by atoms with E-state index in [-0.39, 0.29) is 6.54 Å². The molecule has 0 aromatic heterocycles. The molecule has 6 heteroatoms. The van der Waals surface area contributed by atoms with Crippen molar-refractivity contribution in [3.8, 4) is 0 Å². The van der Waals surface area contributed by atoms with Crippen LogP contribution in [0.2, 0.25) is 0 Å². The second-order valence-electron chi connectivity index (χ2n) is 3.91. The first-order valence-corrected chi connectivity index (χ1v) is 5.24. The van der Waals surface area contributed by atoms with E-state index in [0.29, 0.717) is 6.04 Å². The lowest BCUT2D eigenvalue weighted by molar-refractivity contribution is -0.0754. The van der Waals surface area contributed by atoms with Crippen molar-refractivity contribution in [2.75, 3.05) is 26.2 Å². The number of aliphatic hydroxyl groups excluding tert-OH is 4. The third kappa shape index (κ3) is 4.02. The van der Waals surface area contributed by atoms with E-state index in [9.17, 15) is 10.2 Å². The van der Waals surface area contributed by atoms with Gasteiger partial charge in [0.1, 0.15) is 12.2 Å². The van der Waals surface area contributed by atoms with Crippen LogP contribution in [0, 0.1) is 0 Å². The summed E-state index contributed by atoms with van der Waals surface area (Å²) in [5.41, 5.74) is 0. The predicted octanol–water partition coefficient (Wildman–Crippen LogP) is -2.99. The average Bonchev–Trinajstić information content (AvgIpc) is 2.76. The fourth-order valence-corrected chi connectivity index (χ4v) is 1.60. The summed E-state index contributed by atoms with van der Waals surface area (Å²) in [6.45, 7) is 1.47. The zero-order chi connectivity index (χ0) is 11.3. The Morgan fingerprint density at radius 2 is 2.00 bits per heavy atom. The molecular formula is C9H20N2O4. The van der Waals surface area contributed by atoms with E-state index >= 15 is 0 Å². The highest BCUT2D eigenvalue weighted by atomic mass is 16.4. The summed E-state index contributed by atoms with van der Waals surface area (Å²) in [4.78, 5) is 0. The predicted molar refractivity (Wildman–Crippen MR) is 54.4 cm³/mol. The molecule has 1 aliphatic rings. The minimum Gasteiger partial charge on any atom is -0.394 e. The Morgan fingerprint density at radius 1 is 1.27 bits per heavy atom. The maximum Gasteiger partial charge on any atom is 0.109 e. The molecule has 0 aliphatic carbocycles. The van der Waals surface area contributed by atoms with E-state index in [4.69, 9.17) is 10.2 Å². The van der Waals surface area contributed by atoms with E-state index in [2.05, 4.69) is 10.6 Å². The Kier molecular flexibility index (Phi) is 5.44. The zero-order valence-corrected chi connectivity index (χ0v) is 8.63. The number of nitrogens with one attached hydrogen (secondary N) is 2. The van der Waals surface area contributed by atoms with Crippen LogP contribution in [0.5, 0.6) is 0 Å². The fraction of sp³-hybridized carbons (Fsp3) is 1.00. The maximum atomic E-state index is 9.48. The molecule has 1 heterocycles. The number of aliphatic hydroxyl groups is 4. The average molecular weight is 220 g/mol. The molecule has 6 nitrogen and oxygen atoms in total. The second-order valence-corrected chi connectivity index (χ2v) is 3.91. The van der Waals surface area contributed by atoms with Crippen molar-refractivity contribution in [3.05, 3.63) is 0 Å². The Hall–Kier alpha value is -0.240. The van der Waals surface area contributed by atoms with Gasteiger partial charge in [-0.05, 0) is 13.0 Å². The molecule has 0 spiro atoms. The molecule has 0 bridgehead atoms. The standard InChI is InChI=1S/C9H20N2O4/c12-5-8(14)9(15)7(13)4-11-6-1-2-10-3-6/h6-15H,1-5H2/t6?,7-,8-,9+/m1/s1. The Bertz CT molecular complexity index is 175. The monoisotopic (exact) mass is 220 g/mol. The lowest BCUT2D eigenvalue weighted by Crippen LogP contribution is -2.47. The van der Waals surface area contributed by atoms with E-state index in [0.717, 1.165) is 19.5 Å². The van der Waals surface area contributed by atoms with Crippen LogP contribution in [-0.2, 0) is 0 Å². The van der Waals surface area contributed by atoms with Gasteiger partial charge in [0.15, 0.2) is 0 Å². The molecule has 0 radical (unpaired) electrons. The van der Waals surface area contributed by atoms with Crippen LogP contribution < -0.4 is 10.6 Å². The fourth-order valence-electron chi connectivity index (χ4n) is 1.60. The summed E-state index contributed by atoms with van der Waals surface area (Å²) in [6.07, 6.45) is -2.67. The molecule has 0 aromatic carbocycles. The van der Waals surface area contributed by atoms with E-state index in [1.165, 1.54) is 0 Å². The molecule has 0 amide bonds. The Morgan fingerprint density at radius 3 is 2.53 bits per heavy atom. The molecule has 4 atom stereocenters. The first-order valence-electron chi connectivity index (χ1n) is 5.24. The molecule has 0 aromatic rings. The van der Waals surface area contributed by atoms with Gasteiger partial charge < -0.3 is 31.1 Å². The van der Waals surface area contributed by atoms with Crippen LogP contribution in [0.4, 0.5) is 0 Å². The van der Waals surface area contributed by atoms with Crippen LogP contribution in [0.1, 0.15) is 6.42 Å². The van der Waals surface area contributed by atoms with Crippen LogP contribution in [0.15, 0.2) is 0 Å². The van der Waals surface area contributed by atoms with Gasteiger partial charge in [-0.25, -0.2) is 0 Å². The molecule has 1 rings (SSSR count). The van der Waals surface area contributed by atoms with E-state index < -0.39 is 24.9 Å². The molecule has 1 aliphatic heterocycles. The van der Waals surface area contributed by atoms with Crippen LogP contribution in [0.25, 0.3) is 0 Å². The van der Waals surface area contributed by atoms with Crippen molar-refractivity contribution >= 4 is 0 Å². The van der Waals surface area contributed by atoms with Gasteiger partial charge in [0.05, 0.1) is 12.7 Å². The summed E-state index contributed by atoms with van der Waals surface area (Å²) in [5.74, 6) is 0. The molecule has 15 heavy (non-hydrogen) atoms. The van der Waals surface area contributed by atoms with Gasteiger partial charge in [-0.3, -0.25) is 0 Å². The lowest BCUT2D eigenvalue weighted by Gasteiger charge is -2.23. The minimum atomic E-state index is -1.31. The smallest absolute Gasteiger partial charge is 0.109 e. The Balaban J connectivity index is 2.19. The van der Waals surface area contributed by atoms with Crippen LogP contribution in [-0.4, -0.2) is 71.0 Å². The molecule has 6 N–H and O–H groups in total. The van der Waals surface area contributed by atoms with Crippen LogP contribution in [0.3, 0.4) is 0 Å². The van der Waals surface area contributed by atoms with E-state index in [1.54, 1.807) is 0 Å².